The van der Waals surface area contributed by atoms with Crippen LogP contribution in [0.3, 0.4) is 0 Å². The zero-order valence-electron chi connectivity index (χ0n) is 16.6. The van der Waals surface area contributed by atoms with Gasteiger partial charge in [-0.3, -0.25) is 5.10 Å². The summed E-state index contributed by atoms with van der Waals surface area (Å²) in [6.07, 6.45) is -4.48. The summed E-state index contributed by atoms with van der Waals surface area (Å²) in [7, 11) is 5.33. The number of rotatable bonds is 10. The van der Waals surface area contributed by atoms with Gasteiger partial charge in [0.1, 0.15) is 12.4 Å². The number of methoxy groups -OCH3 is 1. The zero-order valence-corrected chi connectivity index (χ0v) is 16.6. The summed E-state index contributed by atoms with van der Waals surface area (Å²) in [5, 5.41) is 10.2. The minimum absolute atomic E-state index is 0.136. The fourth-order valence-corrected chi connectivity index (χ4v) is 2.76. The molecule has 0 atom stereocenters. The lowest BCUT2D eigenvalue weighted by Crippen LogP contribution is -2.27. The lowest BCUT2D eigenvalue weighted by Gasteiger charge is -2.17. The second kappa shape index (κ2) is 9.90. The van der Waals surface area contributed by atoms with Gasteiger partial charge in [0.05, 0.1) is 17.9 Å². The Kier molecular flexibility index (Phi) is 7.85. The highest BCUT2D eigenvalue weighted by Gasteiger charge is 2.32. The molecule has 2 aromatic rings. The van der Waals surface area contributed by atoms with E-state index < -0.39 is 11.7 Å². The summed E-state index contributed by atoms with van der Waals surface area (Å²) >= 11 is 0. The van der Waals surface area contributed by atoms with E-state index in [1.807, 2.05) is 21.0 Å². The highest BCUT2D eigenvalue weighted by Crippen LogP contribution is 2.36. The standard InChI is InChI=1S/C19H27F3N4O2/c1-13-17(12-26(3)6-5-23-2)18(25-24-13)14-9-15(19(20,21)22)11-16(10-14)28-8-7-27-4/h9-11,23H,5-8,12H2,1-4H3,(H,24,25). The number of aromatic nitrogens is 2. The smallest absolute Gasteiger partial charge is 0.416 e. The molecular formula is C19H27F3N4O2. The lowest BCUT2D eigenvalue weighted by molar-refractivity contribution is -0.137. The third kappa shape index (κ3) is 5.95. The molecule has 2 rings (SSSR count). The maximum absolute atomic E-state index is 13.4. The van der Waals surface area contributed by atoms with E-state index in [2.05, 4.69) is 20.4 Å². The average Bonchev–Trinajstić information content (AvgIpc) is 3.00. The molecule has 1 aromatic heterocycles. The lowest BCUT2D eigenvalue weighted by atomic mass is 10.0. The molecule has 0 unspecified atom stereocenters. The molecule has 0 aliphatic heterocycles. The van der Waals surface area contributed by atoms with Crippen LogP contribution in [0.5, 0.6) is 5.75 Å². The molecule has 0 saturated carbocycles. The number of H-pyrrole nitrogens is 1. The number of aromatic amines is 1. The molecule has 0 bridgehead atoms. The molecule has 2 N–H and O–H groups in total. The maximum atomic E-state index is 13.4. The van der Waals surface area contributed by atoms with Crippen LogP contribution in [0.15, 0.2) is 18.2 Å². The van der Waals surface area contributed by atoms with Crippen molar-refractivity contribution in [2.24, 2.45) is 0 Å². The topological polar surface area (TPSA) is 62.4 Å². The molecule has 1 aromatic carbocycles. The second-order valence-electron chi connectivity index (χ2n) is 6.60. The van der Waals surface area contributed by atoms with E-state index in [1.165, 1.54) is 7.11 Å². The van der Waals surface area contributed by atoms with E-state index in [0.29, 0.717) is 17.8 Å². The van der Waals surface area contributed by atoms with E-state index in [9.17, 15) is 13.2 Å². The number of halogens is 3. The molecule has 0 fully saturated rings. The van der Waals surface area contributed by atoms with E-state index in [0.717, 1.165) is 36.5 Å². The van der Waals surface area contributed by atoms with Crippen molar-refractivity contribution in [2.45, 2.75) is 19.6 Å². The van der Waals surface area contributed by atoms with Crippen LogP contribution in [0.4, 0.5) is 13.2 Å². The van der Waals surface area contributed by atoms with Gasteiger partial charge in [0.25, 0.3) is 0 Å². The summed E-state index contributed by atoms with van der Waals surface area (Å²) in [5.41, 5.74) is 1.78. The summed E-state index contributed by atoms with van der Waals surface area (Å²) in [5.74, 6) is 0.136. The van der Waals surface area contributed by atoms with E-state index >= 15 is 0 Å². The molecule has 0 aliphatic carbocycles. The van der Waals surface area contributed by atoms with Crippen molar-refractivity contribution < 1.29 is 22.6 Å². The number of benzene rings is 1. The third-order valence-corrected chi connectivity index (χ3v) is 4.31. The third-order valence-electron chi connectivity index (χ3n) is 4.31. The van der Waals surface area contributed by atoms with Crippen LogP contribution in [-0.4, -0.2) is 62.6 Å². The van der Waals surface area contributed by atoms with E-state index in [1.54, 1.807) is 6.07 Å². The molecule has 156 valence electrons. The van der Waals surface area contributed by atoms with Gasteiger partial charge in [0.2, 0.25) is 0 Å². The Hall–Kier alpha value is -2.10. The second-order valence-corrected chi connectivity index (χ2v) is 6.60. The SMILES string of the molecule is CNCCN(C)Cc1c(-c2cc(OCCOC)cc(C(F)(F)F)c2)n[nH]c1C. The summed E-state index contributed by atoms with van der Waals surface area (Å²) in [6.45, 7) is 4.49. The van der Waals surface area contributed by atoms with Gasteiger partial charge in [-0.25, -0.2) is 0 Å². The van der Waals surface area contributed by atoms with Gasteiger partial charge in [-0.05, 0) is 39.2 Å². The molecule has 28 heavy (non-hydrogen) atoms. The van der Waals surface area contributed by atoms with Crippen LogP contribution in [0.25, 0.3) is 11.3 Å². The number of aryl methyl sites for hydroxylation is 1. The van der Waals surface area contributed by atoms with Gasteiger partial charge in [0, 0.05) is 43.6 Å². The first-order chi connectivity index (χ1) is 13.3. The molecule has 9 heteroatoms. The number of nitrogens with zero attached hydrogens (tertiary/aromatic N) is 2. The van der Waals surface area contributed by atoms with Crippen molar-refractivity contribution in [3.63, 3.8) is 0 Å². The highest BCUT2D eigenvalue weighted by atomic mass is 19.4. The normalized spacial score (nSPS) is 12.0. The molecular weight excluding hydrogens is 373 g/mol. The Morgan fingerprint density at radius 3 is 2.61 bits per heavy atom. The number of ether oxygens (including phenoxy) is 2. The Labute approximate surface area is 163 Å². The van der Waals surface area contributed by atoms with Gasteiger partial charge in [-0.2, -0.15) is 18.3 Å². The first kappa shape index (κ1) is 22.2. The first-order valence-corrected chi connectivity index (χ1v) is 8.97. The molecule has 6 nitrogen and oxygen atoms in total. The molecule has 1 heterocycles. The predicted octanol–water partition coefficient (Wildman–Crippen LogP) is 3.08. The Morgan fingerprint density at radius 1 is 1.21 bits per heavy atom. The Morgan fingerprint density at radius 2 is 1.96 bits per heavy atom. The van der Waals surface area contributed by atoms with Crippen LogP contribution < -0.4 is 10.1 Å². The number of hydrogen-bond donors (Lipinski definition) is 2. The number of hydrogen-bond acceptors (Lipinski definition) is 5. The minimum Gasteiger partial charge on any atom is -0.491 e. The Balaban J connectivity index is 2.39. The zero-order chi connectivity index (χ0) is 20.7. The maximum Gasteiger partial charge on any atom is 0.416 e. The highest BCUT2D eigenvalue weighted by molar-refractivity contribution is 5.67. The molecule has 0 radical (unpaired) electrons. The Bertz CT molecular complexity index is 762. The average molecular weight is 400 g/mol. The van der Waals surface area contributed by atoms with Crippen molar-refractivity contribution in [1.82, 2.24) is 20.4 Å². The van der Waals surface area contributed by atoms with Gasteiger partial charge >= 0.3 is 6.18 Å². The van der Waals surface area contributed by atoms with Gasteiger partial charge in [-0.1, -0.05) is 0 Å². The van der Waals surface area contributed by atoms with Crippen LogP contribution >= 0.6 is 0 Å². The number of nitrogens with one attached hydrogen (secondary N) is 2. The van der Waals surface area contributed by atoms with Crippen molar-refractivity contribution in [3.05, 3.63) is 35.0 Å². The molecule has 0 amide bonds. The minimum atomic E-state index is -4.48. The first-order valence-electron chi connectivity index (χ1n) is 8.97. The monoisotopic (exact) mass is 400 g/mol. The van der Waals surface area contributed by atoms with Crippen LogP contribution in [0.1, 0.15) is 16.8 Å². The summed E-state index contributed by atoms with van der Waals surface area (Å²) < 4.78 is 50.5. The summed E-state index contributed by atoms with van der Waals surface area (Å²) in [6, 6.07) is 3.69. The quantitative estimate of drug-likeness (QED) is 0.600. The van der Waals surface area contributed by atoms with Crippen LogP contribution in [0, 0.1) is 6.92 Å². The predicted molar refractivity (Wildman–Crippen MR) is 101 cm³/mol. The summed E-state index contributed by atoms with van der Waals surface area (Å²) in [4.78, 5) is 2.08. The van der Waals surface area contributed by atoms with Crippen LogP contribution in [0.2, 0.25) is 0 Å². The molecule has 0 saturated heterocycles. The van der Waals surface area contributed by atoms with Gasteiger partial charge in [0.15, 0.2) is 0 Å². The van der Waals surface area contributed by atoms with E-state index in [4.69, 9.17) is 9.47 Å². The van der Waals surface area contributed by atoms with Crippen molar-refractivity contribution in [3.8, 4) is 17.0 Å². The van der Waals surface area contributed by atoms with Gasteiger partial charge < -0.3 is 19.7 Å². The van der Waals surface area contributed by atoms with Gasteiger partial charge in [-0.15, -0.1) is 0 Å². The number of alkyl halides is 3. The largest absolute Gasteiger partial charge is 0.491 e. The fourth-order valence-electron chi connectivity index (χ4n) is 2.76. The molecule has 0 aliphatic rings. The number of likely N-dealkylation sites (N-methyl/N-ethyl adjacent to an activating group) is 2. The van der Waals surface area contributed by atoms with Crippen molar-refractivity contribution in [1.29, 1.82) is 0 Å². The molecule has 0 spiro atoms. The van der Waals surface area contributed by atoms with E-state index in [-0.39, 0.29) is 19.0 Å². The van der Waals surface area contributed by atoms with Crippen molar-refractivity contribution in [2.75, 3.05) is 47.5 Å². The fraction of sp³-hybridized carbons (Fsp3) is 0.526. The van der Waals surface area contributed by atoms with Crippen LogP contribution in [-0.2, 0) is 17.5 Å². The van der Waals surface area contributed by atoms with Crippen molar-refractivity contribution >= 4 is 0 Å².